The van der Waals surface area contributed by atoms with Crippen LogP contribution in [0.4, 0.5) is 5.69 Å². The number of pyridine rings is 1. The molecule has 1 aliphatic heterocycles. The van der Waals surface area contributed by atoms with E-state index in [0.717, 1.165) is 10.8 Å². The van der Waals surface area contributed by atoms with Gasteiger partial charge in [0, 0.05) is 49.1 Å². The first-order chi connectivity index (χ1) is 16.0. The predicted molar refractivity (Wildman–Crippen MR) is 139 cm³/mol. The van der Waals surface area contributed by atoms with Crippen molar-refractivity contribution in [2.24, 2.45) is 0 Å². The van der Waals surface area contributed by atoms with Crippen LogP contribution in [-0.2, 0) is 0 Å². The highest BCUT2D eigenvalue weighted by atomic mass is 32.1. The van der Waals surface area contributed by atoms with Crippen molar-refractivity contribution in [3.05, 3.63) is 77.4 Å². The van der Waals surface area contributed by atoms with E-state index in [-0.39, 0.29) is 12.1 Å². The number of thiocarbonyl (C=S) groups is 1. The summed E-state index contributed by atoms with van der Waals surface area (Å²) in [5.74, 6) is 0. The van der Waals surface area contributed by atoms with E-state index in [2.05, 4.69) is 90.1 Å². The smallest absolute Gasteiger partial charge is 0.170 e. The Hall–Kier alpha value is -2.86. The molecule has 6 heteroatoms. The van der Waals surface area contributed by atoms with Gasteiger partial charge in [-0.2, -0.15) is 0 Å². The van der Waals surface area contributed by atoms with Crippen LogP contribution >= 0.6 is 12.2 Å². The highest BCUT2D eigenvalue weighted by Crippen LogP contribution is 2.44. The largest absolute Gasteiger partial charge is 0.378 e. The maximum atomic E-state index is 5.92. The lowest BCUT2D eigenvalue weighted by Crippen LogP contribution is -2.37. The molecule has 5 rings (SSSR count). The molecule has 0 unspecified atom stereocenters. The van der Waals surface area contributed by atoms with Crippen molar-refractivity contribution in [2.45, 2.75) is 57.7 Å². The number of aryl methyl sites for hydroxylation is 1. The van der Waals surface area contributed by atoms with Gasteiger partial charge in [-0.1, -0.05) is 18.9 Å². The summed E-state index contributed by atoms with van der Waals surface area (Å²) < 4.78 is 2.37. The Morgan fingerprint density at radius 2 is 1.76 bits per heavy atom. The van der Waals surface area contributed by atoms with Crippen LogP contribution in [-0.4, -0.2) is 39.7 Å². The standard InChI is InChI=1S/C27H33N5S/c1-18-17-23(19(2)31(18)22-14-12-20(13-15-22)30(3)4)26-25(24-11-7-8-16-28-24)29-27(33)32(26)21-9-5-6-10-21/h7-8,11-17,21,25-26H,5-6,9-10H2,1-4H3,(H,29,33)/t25-,26+/m0/s1. The van der Waals surface area contributed by atoms with Gasteiger partial charge in [-0.25, -0.2) is 0 Å². The first-order valence-electron chi connectivity index (χ1n) is 11.9. The number of nitrogens with one attached hydrogen (secondary N) is 1. The van der Waals surface area contributed by atoms with Gasteiger partial charge in [0.05, 0.1) is 17.8 Å². The Morgan fingerprint density at radius 3 is 2.39 bits per heavy atom. The van der Waals surface area contributed by atoms with Crippen molar-refractivity contribution in [2.75, 3.05) is 19.0 Å². The topological polar surface area (TPSA) is 36.3 Å². The third-order valence-electron chi connectivity index (χ3n) is 7.27. The third-order valence-corrected chi connectivity index (χ3v) is 7.60. The fourth-order valence-electron chi connectivity index (χ4n) is 5.66. The van der Waals surface area contributed by atoms with E-state index >= 15 is 0 Å². The molecule has 2 fully saturated rings. The molecule has 0 bridgehead atoms. The van der Waals surface area contributed by atoms with E-state index in [4.69, 9.17) is 17.2 Å². The van der Waals surface area contributed by atoms with Gasteiger partial charge >= 0.3 is 0 Å². The number of anilines is 1. The second-order valence-corrected chi connectivity index (χ2v) is 9.93. The Morgan fingerprint density at radius 1 is 1.03 bits per heavy atom. The van der Waals surface area contributed by atoms with Crippen LogP contribution < -0.4 is 10.2 Å². The fraction of sp³-hybridized carbons (Fsp3) is 0.407. The number of nitrogens with zero attached hydrogens (tertiary/aromatic N) is 4. The summed E-state index contributed by atoms with van der Waals surface area (Å²) in [7, 11) is 4.15. The van der Waals surface area contributed by atoms with Crippen molar-refractivity contribution in [1.82, 2.24) is 19.8 Å². The second-order valence-electron chi connectivity index (χ2n) is 9.54. The van der Waals surface area contributed by atoms with Crippen molar-refractivity contribution in [3.8, 4) is 5.69 Å². The zero-order valence-corrected chi connectivity index (χ0v) is 20.8. The average molecular weight is 460 g/mol. The Kier molecular flexibility index (Phi) is 5.87. The highest BCUT2D eigenvalue weighted by Gasteiger charge is 2.44. The molecule has 2 aliphatic rings. The molecule has 1 saturated heterocycles. The molecule has 3 heterocycles. The van der Waals surface area contributed by atoms with Gasteiger partial charge in [0.2, 0.25) is 0 Å². The molecule has 1 aliphatic carbocycles. The molecule has 1 N–H and O–H groups in total. The molecule has 172 valence electrons. The minimum Gasteiger partial charge on any atom is -0.378 e. The van der Waals surface area contributed by atoms with Gasteiger partial charge in [-0.05, 0) is 86.9 Å². The van der Waals surface area contributed by atoms with E-state index in [1.807, 2.05) is 12.3 Å². The van der Waals surface area contributed by atoms with Crippen LogP contribution in [0.3, 0.4) is 0 Å². The van der Waals surface area contributed by atoms with E-state index in [1.165, 1.54) is 54.0 Å². The molecule has 1 saturated carbocycles. The van der Waals surface area contributed by atoms with E-state index < -0.39 is 0 Å². The molecular formula is C27H33N5S. The van der Waals surface area contributed by atoms with E-state index in [1.54, 1.807) is 0 Å². The lowest BCUT2D eigenvalue weighted by atomic mass is 9.95. The normalized spacial score (nSPS) is 21.0. The molecular weight excluding hydrogens is 426 g/mol. The molecule has 3 aromatic rings. The summed E-state index contributed by atoms with van der Waals surface area (Å²) >= 11 is 5.92. The lowest BCUT2D eigenvalue weighted by molar-refractivity contribution is 0.245. The Bertz CT molecular complexity index is 1130. The monoisotopic (exact) mass is 459 g/mol. The predicted octanol–water partition coefficient (Wildman–Crippen LogP) is 5.47. The summed E-state index contributed by atoms with van der Waals surface area (Å²) in [5, 5.41) is 4.51. The summed E-state index contributed by atoms with van der Waals surface area (Å²) in [4.78, 5) is 9.34. The van der Waals surface area contributed by atoms with E-state index in [9.17, 15) is 0 Å². The molecule has 0 spiro atoms. The summed E-state index contributed by atoms with van der Waals surface area (Å²) in [5.41, 5.74) is 7.28. The molecule has 1 aromatic carbocycles. The van der Waals surface area contributed by atoms with E-state index in [0.29, 0.717) is 6.04 Å². The van der Waals surface area contributed by atoms with Crippen LogP contribution in [0, 0.1) is 13.8 Å². The molecule has 2 aromatic heterocycles. The van der Waals surface area contributed by atoms with Crippen molar-refractivity contribution in [1.29, 1.82) is 0 Å². The van der Waals surface area contributed by atoms with Crippen LogP contribution in [0.25, 0.3) is 5.69 Å². The first-order valence-corrected chi connectivity index (χ1v) is 12.3. The van der Waals surface area contributed by atoms with Gasteiger partial charge < -0.3 is 19.7 Å². The molecule has 2 atom stereocenters. The van der Waals surface area contributed by atoms with Gasteiger partial charge in [0.25, 0.3) is 0 Å². The second kappa shape index (κ2) is 8.82. The van der Waals surface area contributed by atoms with Gasteiger partial charge in [-0.15, -0.1) is 0 Å². The van der Waals surface area contributed by atoms with Gasteiger partial charge in [0.15, 0.2) is 5.11 Å². The minimum atomic E-state index is 0.0457. The summed E-state index contributed by atoms with van der Waals surface area (Å²) in [6.07, 6.45) is 6.85. The molecule has 5 nitrogen and oxygen atoms in total. The molecule has 0 amide bonds. The number of hydrogen-bond donors (Lipinski definition) is 1. The highest BCUT2D eigenvalue weighted by molar-refractivity contribution is 7.80. The van der Waals surface area contributed by atoms with Crippen molar-refractivity contribution >= 4 is 23.0 Å². The quantitative estimate of drug-likeness (QED) is 0.512. The zero-order valence-electron chi connectivity index (χ0n) is 20.0. The van der Waals surface area contributed by atoms with Crippen LogP contribution in [0.1, 0.15) is 60.4 Å². The number of hydrogen-bond acceptors (Lipinski definition) is 3. The molecule has 33 heavy (non-hydrogen) atoms. The lowest BCUT2D eigenvalue weighted by Gasteiger charge is -2.33. The fourth-order valence-corrected chi connectivity index (χ4v) is 6.05. The zero-order chi connectivity index (χ0) is 23.1. The average Bonchev–Trinajstić information content (AvgIpc) is 3.52. The van der Waals surface area contributed by atoms with Crippen LogP contribution in [0.2, 0.25) is 0 Å². The molecule has 0 radical (unpaired) electrons. The van der Waals surface area contributed by atoms with Gasteiger partial charge in [-0.3, -0.25) is 4.98 Å². The maximum absolute atomic E-state index is 5.92. The van der Waals surface area contributed by atoms with Gasteiger partial charge in [0.1, 0.15) is 0 Å². The third kappa shape index (κ3) is 3.90. The number of rotatable bonds is 5. The van der Waals surface area contributed by atoms with Crippen LogP contribution in [0.5, 0.6) is 0 Å². The Balaban J connectivity index is 1.60. The number of aromatic nitrogens is 2. The van der Waals surface area contributed by atoms with Crippen molar-refractivity contribution in [3.63, 3.8) is 0 Å². The van der Waals surface area contributed by atoms with Crippen molar-refractivity contribution < 1.29 is 0 Å². The maximum Gasteiger partial charge on any atom is 0.170 e. The first kappa shape index (κ1) is 22.0. The van der Waals surface area contributed by atoms with Crippen LogP contribution in [0.15, 0.2) is 54.7 Å². The minimum absolute atomic E-state index is 0.0457. The number of benzene rings is 1. The SMILES string of the molecule is Cc1cc([C@@H]2[C@H](c3ccccn3)NC(=S)N2C2CCCC2)c(C)n1-c1ccc(N(C)C)cc1. The summed E-state index contributed by atoms with van der Waals surface area (Å²) in [6, 6.07) is 18.0. The summed E-state index contributed by atoms with van der Waals surface area (Å²) in [6.45, 7) is 4.44. The Labute approximate surface area is 202 Å².